The minimum Gasteiger partial charge on any atom is -0.308 e. The van der Waals surface area contributed by atoms with Crippen LogP contribution in [0.1, 0.15) is 44.4 Å². The molecule has 3 rings (SSSR count). The molecular weight excluding hydrogens is 288 g/mol. The minimum absolute atomic E-state index is 0.395. The highest BCUT2D eigenvalue weighted by molar-refractivity contribution is 7.16. The molecule has 1 atom stereocenters. The second-order valence-corrected chi connectivity index (χ2v) is 8.59. The van der Waals surface area contributed by atoms with E-state index in [4.69, 9.17) is 11.6 Å². The number of nitrogens with one attached hydrogen (secondary N) is 1. The third kappa shape index (κ3) is 3.06. The molecule has 1 aliphatic carbocycles. The van der Waals surface area contributed by atoms with Crippen LogP contribution >= 0.6 is 22.9 Å². The molecule has 4 heteroatoms. The Bertz CT molecular complexity index is 451. The number of rotatable bonds is 3. The number of hydrogen-bond donors (Lipinski definition) is 1. The van der Waals surface area contributed by atoms with Crippen molar-refractivity contribution in [2.24, 2.45) is 5.92 Å². The van der Waals surface area contributed by atoms with Crippen LogP contribution in [0.5, 0.6) is 0 Å². The van der Waals surface area contributed by atoms with Crippen LogP contribution in [-0.2, 0) is 6.54 Å². The fourth-order valence-electron chi connectivity index (χ4n) is 3.87. The first-order valence-corrected chi connectivity index (χ1v) is 9.01. The summed E-state index contributed by atoms with van der Waals surface area (Å²) in [4.78, 5) is 4.10. The van der Waals surface area contributed by atoms with Crippen molar-refractivity contribution in [2.75, 3.05) is 13.1 Å². The second-order valence-electron chi connectivity index (χ2n) is 6.79. The van der Waals surface area contributed by atoms with E-state index in [1.807, 2.05) is 6.07 Å². The topological polar surface area (TPSA) is 15.3 Å². The van der Waals surface area contributed by atoms with E-state index in [-0.39, 0.29) is 0 Å². The van der Waals surface area contributed by atoms with E-state index in [2.05, 4.69) is 30.1 Å². The molecule has 1 N–H and O–H groups in total. The molecule has 112 valence electrons. The van der Waals surface area contributed by atoms with Gasteiger partial charge in [-0.2, -0.15) is 0 Å². The molecule has 1 aliphatic heterocycles. The van der Waals surface area contributed by atoms with E-state index in [1.54, 1.807) is 11.3 Å². The Morgan fingerprint density at radius 3 is 2.75 bits per heavy atom. The summed E-state index contributed by atoms with van der Waals surface area (Å²) in [6, 6.07) is 4.86. The van der Waals surface area contributed by atoms with Crippen molar-refractivity contribution in [2.45, 2.75) is 57.7 Å². The van der Waals surface area contributed by atoms with Crippen molar-refractivity contribution in [1.82, 2.24) is 10.2 Å². The lowest BCUT2D eigenvalue weighted by Crippen LogP contribution is -2.63. The summed E-state index contributed by atoms with van der Waals surface area (Å²) >= 11 is 7.81. The molecule has 2 fully saturated rings. The third-order valence-electron chi connectivity index (χ3n) is 4.98. The van der Waals surface area contributed by atoms with Gasteiger partial charge in [-0.3, -0.25) is 4.90 Å². The highest BCUT2D eigenvalue weighted by atomic mass is 35.5. The zero-order chi connectivity index (χ0) is 14.2. The lowest BCUT2D eigenvalue weighted by Gasteiger charge is -2.47. The standard InChI is InChI=1S/C16H25ClN2S/c1-12(2)14-9-18-16(7-3-4-8-16)11-19(14)10-13-5-6-15(17)20-13/h5-6,12,14,18H,3-4,7-11H2,1-2H3. The average Bonchev–Trinajstić information content (AvgIpc) is 2.99. The van der Waals surface area contributed by atoms with Crippen LogP contribution in [0.3, 0.4) is 0 Å². The Balaban J connectivity index is 1.75. The molecule has 1 spiro atoms. The molecule has 0 amide bonds. The van der Waals surface area contributed by atoms with Crippen LogP contribution in [0.2, 0.25) is 4.34 Å². The fraction of sp³-hybridized carbons (Fsp3) is 0.750. The monoisotopic (exact) mass is 312 g/mol. The van der Waals surface area contributed by atoms with Gasteiger partial charge in [0, 0.05) is 36.1 Å². The SMILES string of the molecule is CC(C)C1CNC2(CCCC2)CN1Cc1ccc(Cl)s1. The molecule has 1 unspecified atom stereocenters. The van der Waals surface area contributed by atoms with Crippen LogP contribution in [0, 0.1) is 5.92 Å². The Hall–Kier alpha value is -0.0900. The fourth-order valence-corrected chi connectivity index (χ4v) is 4.98. The highest BCUT2D eigenvalue weighted by Gasteiger charge is 2.41. The van der Waals surface area contributed by atoms with Gasteiger partial charge in [0.1, 0.15) is 0 Å². The van der Waals surface area contributed by atoms with E-state index >= 15 is 0 Å². The zero-order valence-corrected chi connectivity index (χ0v) is 14.1. The largest absolute Gasteiger partial charge is 0.308 e. The van der Waals surface area contributed by atoms with Crippen LogP contribution < -0.4 is 5.32 Å². The van der Waals surface area contributed by atoms with Crippen molar-refractivity contribution < 1.29 is 0 Å². The predicted molar refractivity (Wildman–Crippen MR) is 87.6 cm³/mol. The molecule has 0 aromatic carbocycles. The predicted octanol–water partition coefficient (Wildman–Crippen LogP) is 4.14. The maximum absolute atomic E-state index is 6.09. The van der Waals surface area contributed by atoms with Gasteiger partial charge in [-0.25, -0.2) is 0 Å². The maximum Gasteiger partial charge on any atom is 0.0931 e. The van der Waals surface area contributed by atoms with Crippen LogP contribution in [-0.4, -0.2) is 29.6 Å². The third-order valence-corrected chi connectivity index (χ3v) is 6.19. The first kappa shape index (κ1) is 14.8. The highest BCUT2D eigenvalue weighted by Crippen LogP contribution is 2.35. The Labute approximate surface area is 131 Å². The summed E-state index contributed by atoms with van der Waals surface area (Å²) in [6.07, 6.45) is 5.47. The summed E-state index contributed by atoms with van der Waals surface area (Å²) < 4.78 is 0.909. The summed E-state index contributed by atoms with van der Waals surface area (Å²) in [7, 11) is 0. The molecule has 2 heterocycles. The molecule has 0 bridgehead atoms. The summed E-state index contributed by atoms with van der Waals surface area (Å²) in [5, 5.41) is 3.88. The summed E-state index contributed by atoms with van der Waals surface area (Å²) in [5.74, 6) is 0.691. The van der Waals surface area contributed by atoms with E-state index in [1.165, 1.54) is 37.1 Å². The van der Waals surface area contributed by atoms with E-state index in [0.29, 0.717) is 17.5 Å². The Morgan fingerprint density at radius 2 is 2.15 bits per heavy atom. The van der Waals surface area contributed by atoms with Crippen LogP contribution in [0.25, 0.3) is 0 Å². The van der Waals surface area contributed by atoms with Crippen molar-refractivity contribution >= 4 is 22.9 Å². The van der Waals surface area contributed by atoms with Crippen LogP contribution in [0.4, 0.5) is 0 Å². The van der Waals surface area contributed by atoms with Gasteiger partial charge in [0.05, 0.1) is 4.34 Å². The maximum atomic E-state index is 6.09. The first-order valence-electron chi connectivity index (χ1n) is 7.81. The van der Waals surface area contributed by atoms with Gasteiger partial charge in [0.25, 0.3) is 0 Å². The molecule has 1 aromatic rings. The van der Waals surface area contributed by atoms with E-state index < -0.39 is 0 Å². The van der Waals surface area contributed by atoms with Gasteiger partial charge in [-0.05, 0) is 30.9 Å². The van der Waals surface area contributed by atoms with Crippen molar-refractivity contribution in [1.29, 1.82) is 0 Å². The minimum atomic E-state index is 0.395. The van der Waals surface area contributed by atoms with Crippen LogP contribution in [0.15, 0.2) is 12.1 Å². The molecule has 0 radical (unpaired) electrons. The van der Waals surface area contributed by atoms with Crippen molar-refractivity contribution in [3.05, 3.63) is 21.3 Å². The van der Waals surface area contributed by atoms with Crippen molar-refractivity contribution in [3.8, 4) is 0 Å². The lowest BCUT2D eigenvalue weighted by atomic mass is 9.89. The number of thiophene rings is 1. The van der Waals surface area contributed by atoms with E-state index in [9.17, 15) is 0 Å². The normalized spacial score (nSPS) is 26.7. The second kappa shape index (κ2) is 5.96. The van der Waals surface area contributed by atoms with Gasteiger partial charge in [-0.15, -0.1) is 11.3 Å². The Kier molecular flexibility index (Phi) is 4.42. The van der Waals surface area contributed by atoms with Gasteiger partial charge in [0.2, 0.25) is 0 Å². The van der Waals surface area contributed by atoms with E-state index in [0.717, 1.165) is 17.4 Å². The smallest absolute Gasteiger partial charge is 0.0931 e. The average molecular weight is 313 g/mol. The lowest BCUT2D eigenvalue weighted by molar-refractivity contribution is 0.0515. The molecule has 1 saturated carbocycles. The zero-order valence-electron chi connectivity index (χ0n) is 12.5. The first-order chi connectivity index (χ1) is 9.58. The number of nitrogens with zero attached hydrogens (tertiary/aromatic N) is 1. The Morgan fingerprint density at radius 1 is 1.40 bits per heavy atom. The number of halogens is 1. The summed E-state index contributed by atoms with van der Waals surface area (Å²) in [5.41, 5.74) is 0.395. The summed E-state index contributed by atoms with van der Waals surface area (Å²) in [6.45, 7) is 8.08. The molecule has 1 saturated heterocycles. The molecule has 20 heavy (non-hydrogen) atoms. The van der Waals surface area contributed by atoms with Gasteiger partial charge < -0.3 is 5.32 Å². The molecule has 1 aromatic heterocycles. The quantitative estimate of drug-likeness (QED) is 0.902. The molecule has 2 nitrogen and oxygen atoms in total. The molecule has 2 aliphatic rings. The van der Waals surface area contributed by atoms with Gasteiger partial charge in [0.15, 0.2) is 0 Å². The van der Waals surface area contributed by atoms with Crippen molar-refractivity contribution in [3.63, 3.8) is 0 Å². The molecular formula is C16H25ClN2S. The van der Waals surface area contributed by atoms with Gasteiger partial charge >= 0.3 is 0 Å². The number of hydrogen-bond acceptors (Lipinski definition) is 3. The van der Waals surface area contributed by atoms with Gasteiger partial charge in [-0.1, -0.05) is 38.3 Å². The number of piperazine rings is 1.